The van der Waals surface area contributed by atoms with E-state index in [1.807, 2.05) is 0 Å². The zero-order valence-electron chi connectivity index (χ0n) is 8.24. The molecule has 0 unspecified atom stereocenters. The van der Waals surface area contributed by atoms with E-state index in [1.165, 1.54) is 6.07 Å². The maximum absolute atomic E-state index is 11.3. The number of carbonyl (C=O) groups is 1. The lowest BCUT2D eigenvalue weighted by Crippen LogP contribution is -2.32. The molecule has 0 aliphatic carbocycles. The molecule has 0 aromatic heterocycles. The normalized spacial score (nSPS) is 12.2. The Morgan fingerprint density at radius 2 is 2.21 bits per heavy atom. The second-order valence-corrected chi connectivity index (χ2v) is 3.28. The van der Waals surface area contributed by atoms with Crippen LogP contribution in [0.1, 0.15) is 12.5 Å². The van der Waals surface area contributed by atoms with Crippen molar-refractivity contribution in [3.8, 4) is 5.75 Å². The Kier molecular flexibility index (Phi) is 3.09. The molecule has 14 heavy (non-hydrogen) atoms. The van der Waals surface area contributed by atoms with Crippen molar-refractivity contribution >= 4 is 11.6 Å². The van der Waals surface area contributed by atoms with Gasteiger partial charge in [-0.25, -0.2) is 0 Å². The average Bonchev–Trinajstić information content (AvgIpc) is 2.09. The molecule has 4 nitrogen and oxygen atoms in total. The van der Waals surface area contributed by atoms with Gasteiger partial charge in [0.1, 0.15) is 5.75 Å². The number of rotatable bonds is 2. The fourth-order valence-corrected chi connectivity index (χ4v) is 1.03. The summed E-state index contributed by atoms with van der Waals surface area (Å²) in [7, 11) is 0. The number of hydrogen-bond acceptors (Lipinski definition) is 3. The van der Waals surface area contributed by atoms with Crippen molar-refractivity contribution < 1.29 is 9.90 Å². The van der Waals surface area contributed by atoms with Crippen LogP contribution in [0.4, 0.5) is 5.69 Å². The molecule has 0 fully saturated rings. The third kappa shape index (κ3) is 2.47. The fourth-order valence-electron chi connectivity index (χ4n) is 1.03. The summed E-state index contributed by atoms with van der Waals surface area (Å²) >= 11 is 0. The Bertz CT molecular complexity index is 348. The number of aryl methyl sites for hydroxylation is 1. The summed E-state index contributed by atoms with van der Waals surface area (Å²) in [5.74, 6) is -0.0555. The van der Waals surface area contributed by atoms with Gasteiger partial charge in [-0.15, -0.1) is 0 Å². The van der Waals surface area contributed by atoms with Crippen molar-refractivity contribution in [2.24, 2.45) is 5.73 Å². The third-order valence-electron chi connectivity index (χ3n) is 1.88. The smallest absolute Gasteiger partial charge is 0.241 e. The predicted octanol–water partition coefficient (Wildman–Crippen LogP) is 0.986. The zero-order valence-corrected chi connectivity index (χ0v) is 8.24. The minimum absolute atomic E-state index is 0.182. The highest BCUT2D eigenvalue weighted by Crippen LogP contribution is 2.19. The maximum atomic E-state index is 11.3. The molecule has 0 saturated heterocycles. The van der Waals surface area contributed by atoms with E-state index < -0.39 is 6.04 Å². The lowest BCUT2D eigenvalue weighted by Gasteiger charge is -2.10. The van der Waals surface area contributed by atoms with E-state index in [-0.39, 0.29) is 11.7 Å². The molecule has 0 radical (unpaired) electrons. The van der Waals surface area contributed by atoms with Crippen molar-refractivity contribution in [3.05, 3.63) is 23.8 Å². The molecule has 1 atom stereocenters. The highest BCUT2D eigenvalue weighted by atomic mass is 16.3. The van der Waals surface area contributed by atoms with Crippen LogP contribution < -0.4 is 11.1 Å². The third-order valence-corrected chi connectivity index (χ3v) is 1.88. The molecule has 1 aromatic carbocycles. The van der Waals surface area contributed by atoms with Gasteiger partial charge < -0.3 is 16.2 Å². The first-order valence-corrected chi connectivity index (χ1v) is 4.37. The number of amides is 1. The van der Waals surface area contributed by atoms with Crippen molar-refractivity contribution in [2.75, 3.05) is 5.32 Å². The summed E-state index contributed by atoms with van der Waals surface area (Å²) in [6, 6.07) is 4.20. The van der Waals surface area contributed by atoms with Gasteiger partial charge in [-0.3, -0.25) is 4.79 Å². The molecule has 4 heteroatoms. The van der Waals surface area contributed by atoms with Crippen LogP contribution >= 0.6 is 0 Å². The molecule has 0 aliphatic rings. The number of anilines is 1. The summed E-state index contributed by atoms with van der Waals surface area (Å²) in [5.41, 5.74) is 6.88. The van der Waals surface area contributed by atoms with Crippen LogP contribution in [-0.4, -0.2) is 17.1 Å². The molecular weight excluding hydrogens is 180 g/mol. The molecule has 1 aromatic rings. The number of phenols is 1. The van der Waals surface area contributed by atoms with E-state index in [0.717, 1.165) is 5.56 Å². The van der Waals surface area contributed by atoms with Crippen LogP contribution in [0, 0.1) is 6.92 Å². The van der Waals surface area contributed by atoms with E-state index in [4.69, 9.17) is 10.8 Å². The van der Waals surface area contributed by atoms with Crippen molar-refractivity contribution in [2.45, 2.75) is 19.9 Å². The summed E-state index contributed by atoms with van der Waals surface area (Å²) in [5, 5.41) is 11.8. The van der Waals surface area contributed by atoms with Crippen LogP contribution in [0.2, 0.25) is 0 Å². The zero-order chi connectivity index (χ0) is 10.7. The van der Waals surface area contributed by atoms with Crippen LogP contribution in [-0.2, 0) is 4.79 Å². The number of phenolic OH excluding ortho intramolecular Hbond substituents is 1. The van der Waals surface area contributed by atoms with E-state index in [2.05, 4.69) is 5.32 Å². The predicted molar refractivity (Wildman–Crippen MR) is 55.1 cm³/mol. The van der Waals surface area contributed by atoms with Crippen LogP contribution in [0.25, 0.3) is 0 Å². The Labute approximate surface area is 82.7 Å². The molecule has 76 valence electrons. The lowest BCUT2D eigenvalue weighted by atomic mass is 10.2. The molecule has 1 rings (SSSR count). The molecule has 1 amide bonds. The second kappa shape index (κ2) is 4.11. The topological polar surface area (TPSA) is 75.3 Å². The number of aromatic hydroxyl groups is 1. The summed E-state index contributed by atoms with van der Waals surface area (Å²) in [4.78, 5) is 11.3. The van der Waals surface area contributed by atoms with Gasteiger partial charge in [-0.2, -0.15) is 0 Å². The largest absolute Gasteiger partial charge is 0.508 e. The highest BCUT2D eigenvalue weighted by Gasteiger charge is 2.08. The Morgan fingerprint density at radius 3 is 2.71 bits per heavy atom. The number of nitrogens with two attached hydrogens (primary N) is 1. The number of nitrogens with one attached hydrogen (secondary N) is 1. The van der Waals surface area contributed by atoms with Crippen molar-refractivity contribution in [3.63, 3.8) is 0 Å². The molecule has 0 heterocycles. The van der Waals surface area contributed by atoms with Gasteiger partial charge in [0.25, 0.3) is 0 Å². The number of hydrogen-bond donors (Lipinski definition) is 3. The number of benzene rings is 1. The van der Waals surface area contributed by atoms with Crippen molar-refractivity contribution in [1.29, 1.82) is 0 Å². The monoisotopic (exact) mass is 194 g/mol. The van der Waals surface area contributed by atoms with E-state index in [0.29, 0.717) is 5.69 Å². The Balaban J connectivity index is 2.82. The molecule has 0 saturated carbocycles. The fraction of sp³-hybridized carbons (Fsp3) is 0.300. The van der Waals surface area contributed by atoms with E-state index in [9.17, 15) is 4.79 Å². The van der Waals surface area contributed by atoms with Gasteiger partial charge in [-0.1, -0.05) is 0 Å². The standard InChI is InChI=1S/C10H14N2O2/c1-6-5-8(13)3-4-9(6)12-10(14)7(2)11/h3-5,7,13H,11H2,1-2H3,(H,12,14)/t7-/m0/s1. The van der Waals surface area contributed by atoms with Crippen LogP contribution in [0.15, 0.2) is 18.2 Å². The molecule has 4 N–H and O–H groups in total. The molecule has 0 bridgehead atoms. The van der Waals surface area contributed by atoms with Gasteiger partial charge in [0, 0.05) is 5.69 Å². The first-order chi connectivity index (χ1) is 6.50. The van der Waals surface area contributed by atoms with Gasteiger partial charge in [0.05, 0.1) is 6.04 Å². The molecule has 0 aliphatic heterocycles. The summed E-state index contributed by atoms with van der Waals surface area (Å²) in [6.07, 6.45) is 0. The second-order valence-electron chi connectivity index (χ2n) is 3.28. The van der Waals surface area contributed by atoms with Gasteiger partial charge >= 0.3 is 0 Å². The molecular formula is C10H14N2O2. The summed E-state index contributed by atoms with van der Waals surface area (Å²) in [6.45, 7) is 3.42. The van der Waals surface area contributed by atoms with Gasteiger partial charge in [0.15, 0.2) is 0 Å². The first-order valence-electron chi connectivity index (χ1n) is 4.37. The van der Waals surface area contributed by atoms with E-state index >= 15 is 0 Å². The van der Waals surface area contributed by atoms with Crippen LogP contribution in [0.3, 0.4) is 0 Å². The lowest BCUT2D eigenvalue weighted by molar-refractivity contribution is -0.117. The van der Waals surface area contributed by atoms with Crippen molar-refractivity contribution in [1.82, 2.24) is 0 Å². The molecule has 0 spiro atoms. The van der Waals surface area contributed by atoms with Crippen LogP contribution in [0.5, 0.6) is 5.75 Å². The van der Waals surface area contributed by atoms with Gasteiger partial charge in [-0.05, 0) is 37.6 Å². The summed E-state index contributed by atoms with van der Waals surface area (Å²) < 4.78 is 0. The van der Waals surface area contributed by atoms with E-state index in [1.54, 1.807) is 26.0 Å². The SMILES string of the molecule is Cc1cc(O)ccc1NC(=O)[C@H](C)N. The Morgan fingerprint density at radius 1 is 1.57 bits per heavy atom. The first kappa shape index (κ1) is 10.5. The van der Waals surface area contributed by atoms with Gasteiger partial charge in [0.2, 0.25) is 5.91 Å². The Hall–Kier alpha value is -1.55. The number of carbonyl (C=O) groups excluding carboxylic acids is 1. The minimum atomic E-state index is -0.539. The average molecular weight is 194 g/mol. The minimum Gasteiger partial charge on any atom is -0.508 e. The highest BCUT2D eigenvalue weighted by molar-refractivity contribution is 5.95. The maximum Gasteiger partial charge on any atom is 0.241 e. The quantitative estimate of drug-likeness (QED) is 0.614.